The number of rotatable bonds is 2. The molecule has 0 spiro atoms. The molecule has 1 aliphatic carbocycles. The highest BCUT2D eigenvalue weighted by atomic mass is 19.4. The molecular formula is C14H23F3N2O. The molecule has 0 radical (unpaired) electrons. The number of carbonyl (C=O) groups excluding carboxylic acids is 1. The first-order valence-electron chi connectivity index (χ1n) is 7.48. The number of hydrogen-bond acceptors (Lipinski definition) is 2. The molecule has 20 heavy (non-hydrogen) atoms. The van der Waals surface area contributed by atoms with Crippen LogP contribution < -0.4 is 10.6 Å². The van der Waals surface area contributed by atoms with Crippen LogP contribution in [-0.4, -0.2) is 30.7 Å². The maximum absolute atomic E-state index is 12.8. The number of piperidine rings is 1. The minimum absolute atomic E-state index is 0.0440. The van der Waals surface area contributed by atoms with Gasteiger partial charge in [-0.1, -0.05) is 6.42 Å². The molecule has 2 fully saturated rings. The molecule has 0 aromatic rings. The van der Waals surface area contributed by atoms with Crippen molar-refractivity contribution in [2.75, 3.05) is 6.54 Å². The lowest BCUT2D eigenvalue weighted by Crippen LogP contribution is -2.53. The monoisotopic (exact) mass is 292 g/mol. The van der Waals surface area contributed by atoms with Gasteiger partial charge in [-0.3, -0.25) is 4.79 Å². The Morgan fingerprint density at radius 2 is 1.95 bits per heavy atom. The van der Waals surface area contributed by atoms with Crippen LogP contribution >= 0.6 is 0 Å². The Bertz CT molecular complexity index is 346. The van der Waals surface area contributed by atoms with Gasteiger partial charge >= 0.3 is 6.18 Å². The first-order chi connectivity index (χ1) is 9.38. The summed E-state index contributed by atoms with van der Waals surface area (Å²) >= 11 is 0. The van der Waals surface area contributed by atoms with Crippen molar-refractivity contribution in [1.82, 2.24) is 10.6 Å². The normalized spacial score (nSPS) is 35.6. The summed E-state index contributed by atoms with van der Waals surface area (Å²) in [6.45, 7) is 2.94. The molecule has 4 unspecified atom stereocenters. The molecule has 1 heterocycles. The molecule has 1 amide bonds. The molecule has 2 aliphatic rings. The highest BCUT2D eigenvalue weighted by Gasteiger charge is 2.43. The highest BCUT2D eigenvalue weighted by Crippen LogP contribution is 2.40. The minimum atomic E-state index is -4.17. The second kappa shape index (κ2) is 6.33. The molecule has 4 atom stereocenters. The van der Waals surface area contributed by atoms with Gasteiger partial charge < -0.3 is 10.6 Å². The van der Waals surface area contributed by atoms with Gasteiger partial charge in [0.15, 0.2) is 0 Å². The van der Waals surface area contributed by atoms with Crippen LogP contribution in [0.25, 0.3) is 0 Å². The zero-order chi connectivity index (χ0) is 14.8. The summed E-state index contributed by atoms with van der Waals surface area (Å²) in [4.78, 5) is 12.2. The van der Waals surface area contributed by atoms with Gasteiger partial charge in [0.1, 0.15) is 0 Å². The second-order valence-corrected chi connectivity index (χ2v) is 6.10. The number of halogens is 3. The fraction of sp³-hybridized carbons (Fsp3) is 0.929. The summed E-state index contributed by atoms with van der Waals surface area (Å²) < 4.78 is 38.3. The van der Waals surface area contributed by atoms with Crippen molar-refractivity contribution < 1.29 is 18.0 Å². The quantitative estimate of drug-likeness (QED) is 0.821. The SMILES string of the molecule is CC1NCCCC1NC(=O)C1CCCC(C(F)(F)F)C1. The number of hydrogen-bond donors (Lipinski definition) is 2. The van der Waals surface area contributed by atoms with Gasteiger partial charge in [-0.05, 0) is 45.6 Å². The van der Waals surface area contributed by atoms with Gasteiger partial charge in [-0.25, -0.2) is 0 Å². The van der Waals surface area contributed by atoms with E-state index < -0.39 is 18.0 Å². The maximum Gasteiger partial charge on any atom is 0.391 e. The molecule has 0 aromatic heterocycles. The second-order valence-electron chi connectivity index (χ2n) is 6.10. The zero-order valence-electron chi connectivity index (χ0n) is 11.8. The van der Waals surface area contributed by atoms with Crippen LogP contribution in [0, 0.1) is 11.8 Å². The van der Waals surface area contributed by atoms with Crippen molar-refractivity contribution in [3.05, 3.63) is 0 Å². The summed E-state index contributed by atoms with van der Waals surface area (Å²) in [6.07, 6.45) is -1.11. The molecule has 1 aliphatic heterocycles. The van der Waals surface area contributed by atoms with Crippen LogP contribution in [-0.2, 0) is 4.79 Å². The lowest BCUT2D eigenvalue weighted by atomic mass is 9.80. The smallest absolute Gasteiger partial charge is 0.352 e. The van der Waals surface area contributed by atoms with Gasteiger partial charge in [0.25, 0.3) is 0 Å². The Morgan fingerprint density at radius 3 is 2.60 bits per heavy atom. The van der Waals surface area contributed by atoms with Crippen LogP contribution in [0.1, 0.15) is 45.4 Å². The van der Waals surface area contributed by atoms with Crippen LogP contribution in [0.4, 0.5) is 13.2 Å². The topological polar surface area (TPSA) is 41.1 Å². The molecule has 1 saturated heterocycles. The average Bonchev–Trinajstić information content (AvgIpc) is 2.40. The third kappa shape index (κ3) is 3.87. The molecule has 3 nitrogen and oxygen atoms in total. The lowest BCUT2D eigenvalue weighted by molar-refractivity contribution is -0.186. The molecule has 116 valence electrons. The predicted molar refractivity (Wildman–Crippen MR) is 70.1 cm³/mol. The highest BCUT2D eigenvalue weighted by molar-refractivity contribution is 5.79. The van der Waals surface area contributed by atoms with Crippen LogP contribution in [0.3, 0.4) is 0 Å². The molecule has 6 heteroatoms. The Hall–Kier alpha value is -0.780. The van der Waals surface area contributed by atoms with Gasteiger partial charge in [0.05, 0.1) is 5.92 Å². The van der Waals surface area contributed by atoms with Crippen LogP contribution in [0.5, 0.6) is 0 Å². The van der Waals surface area contributed by atoms with E-state index in [2.05, 4.69) is 10.6 Å². The number of nitrogens with one attached hydrogen (secondary N) is 2. The molecule has 2 rings (SSSR count). The number of alkyl halides is 3. The van der Waals surface area contributed by atoms with Gasteiger partial charge in [-0.15, -0.1) is 0 Å². The van der Waals surface area contributed by atoms with Crippen molar-refractivity contribution in [2.45, 2.75) is 63.7 Å². The van der Waals surface area contributed by atoms with E-state index in [0.29, 0.717) is 12.8 Å². The number of amides is 1. The van der Waals surface area contributed by atoms with E-state index in [0.717, 1.165) is 19.4 Å². The third-order valence-corrected chi connectivity index (χ3v) is 4.60. The van der Waals surface area contributed by atoms with Crippen molar-refractivity contribution in [1.29, 1.82) is 0 Å². The van der Waals surface area contributed by atoms with Gasteiger partial charge in [0, 0.05) is 18.0 Å². The minimum Gasteiger partial charge on any atom is -0.352 e. The first kappa shape index (κ1) is 15.6. The molecule has 1 saturated carbocycles. The van der Waals surface area contributed by atoms with Gasteiger partial charge in [-0.2, -0.15) is 13.2 Å². The predicted octanol–water partition coefficient (Wildman–Crippen LogP) is 2.61. The Morgan fingerprint density at radius 1 is 1.20 bits per heavy atom. The molecule has 2 N–H and O–H groups in total. The van der Waals surface area contributed by atoms with E-state index >= 15 is 0 Å². The van der Waals surface area contributed by atoms with E-state index in [9.17, 15) is 18.0 Å². The number of carbonyl (C=O) groups is 1. The van der Waals surface area contributed by atoms with E-state index in [1.165, 1.54) is 0 Å². The standard InChI is InChI=1S/C14H23F3N2O/c1-9-12(6-3-7-18-9)19-13(20)10-4-2-5-11(8-10)14(15,16)17/h9-12,18H,2-8H2,1H3,(H,19,20). The van der Waals surface area contributed by atoms with Crippen LogP contribution in [0.15, 0.2) is 0 Å². The summed E-state index contributed by atoms with van der Waals surface area (Å²) in [7, 11) is 0. The van der Waals surface area contributed by atoms with E-state index in [1.54, 1.807) is 0 Å². The molecule has 0 aromatic carbocycles. The van der Waals surface area contributed by atoms with Gasteiger partial charge in [0.2, 0.25) is 5.91 Å². The largest absolute Gasteiger partial charge is 0.391 e. The first-order valence-corrected chi connectivity index (χ1v) is 7.48. The molecule has 0 bridgehead atoms. The maximum atomic E-state index is 12.8. The fourth-order valence-electron chi connectivity index (χ4n) is 3.27. The third-order valence-electron chi connectivity index (χ3n) is 4.60. The van der Waals surface area contributed by atoms with Crippen molar-refractivity contribution in [2.24, 2.45) is 11.8 Å². The van der Waals surface area contributed by atoms with E-state index in [4.69, 9.17) is 0 Å². The van der Waals surface area contributed by atoms with E-state index in [-0.39, 0.29) is 30.8 Å². The van der Waals surface area contributed by atoms with Crippen molar-refractivity contribution in [3.8, 4) is 0 Å². The van der Waals surface area contributed by atoms with E-state index in [1.807, 2.05) is 6.92 Å². The average molecular weight is 292 g/mol. The summed E-state index contributed by atoms with van der Waals surface area (Å²) in [5, 5.41) is 6.22. The summed E-state index contributed by atoms with van der Waals surface area (Å²) in [6, 6.07) is 0.234. The van der Waals surface area contributed by atoms with Crippen LogP contribution in [0.2, 0.25) is 0 Å². The zero-order valence-corrected chi connectivity index (χ0v) is 11.8. The van der Waals surface area contributed by atoms with Crippen molar-refractivity contribution >= 4 is 5.91 Å². The summed E-state index contributed by atoms with van der Waals surface area (Å²) in [5.41, 5.74) is 0. The Balaban J connectivity index is 1.88. The van der Waals surface area contributed by atoms with Crippen molar-refractivity contribution in [3.63, 3.8) is 0 Å². The Labute approximate surface area is 117 Å². The Kier molecular flexibility index (Phi) is 4.94. The fourth-order valence-corrected chi connectivity index (χ4v) is 3.27. The lowest BCUT2D eigenvalue weighted by Gasteiger charge is -2.34. The molecular weight excluding hydrogens is 269 g/mol. The summed E-state index contributed by atoms with van der Waals surface area (Å²) in [5.74, 6) is -1.99.